The van der Waals surface area contributed by atoms with Gasteiger partial charge in [-0.2, -0.15) is 0 Å². The highest BCUT2D eigenvalue weighted by Crippen LogP contribution is 2.33. The zero-order valence-corrected chi connectivity index (χ0v) is 13.9. The van der Waals surface area contributed by atoms with E-state index in [4.69, 9.17) is 11.6 Å². The molecule has 1 atom stereocenters. The molecule has 0 bridgehead atoms. The Morgan fingerprint density at radius 1 is 1.12 bits per heavy atom. The molecule has 2 amide bonds. The van der Waals surface area contributed by atoms with Crippen LogP contribution in [0.4, 0.5) is 0 Å². The number of halogens is 1. The molecule has 0 spiro atoms. The number of rotatable bonds is 1. The third kappa shape index (κ3) is 2.57. The van der Waals surface area contributed by atoms with Crippen LogP contribution in [0.5, 0.6) is 0 Å². The number of carbonyl (C=O) groups is 2. The minimum atomic E-state index is -0.145. The molecular formula is C19H17ClN2O2. The van der Waals surface area contributed by atoms with E-state index in [9.17, 15) is 9.59 Å². The number of carbonyl (C=O) groups excluding carboxylic acids is 2. The third-order valence-corrected chi connectivity index (χ3v) is 5.05. The molecule has 2 aliphatic heterocycles. The number of nitrogens with zero attached hydrogens (tertiary/aromatic N) is 2. The maximum absolute atomic E-state index is 12.8. The quantitative estimate of drug-likeness (QED) is 0.801. The van der Waals surface area contributed by atoms with Crippen molar-refractivity contribution in [3.63, 3.8) is 0 Å². The number of benzene rings is 2. The molecule has 1 fully saturated rings. The summed E-state index contributed by atoms with van der Waals surface area (Å²) in [7, 11) is 0. The van der Waals surface area contributed by atoms with Crippen LogP contribution >= 0.6 is 11.6 Å². The number of piperazine rings is 1. The van der Waals surface area contributed by atoms with Crippen LogP contribution in [0, 0.1) is 0 Å². The van der Waals surface area contributed by atoms with E-state index in [1.807, 2.05) is 17.0 Å². The van der Waals surface area contributed by atoms with Crippen molar-refractivity contribution >= 4 is 23.4 Å². The van der Waals surface area contributed by atoms with Crippen LogP contribution in [-0.2, 0) is 11.2 Å². The molecule has 0 aliphatic carbocycles. The van der Waals surface area contributed by atoms with E-state index >= 15 is 0 Å². The molecule has 0 saturated carbocycles. The van der Waals surface area contributed by atoms with Crippen LogP contribution in [0.2, 0.25) is 5.02 Å². The Morgan fingerprint density at radius 2 is 1.96 bits per heavy atom. The molecule has 0 aromatic heterocycles. The smallest absolute Gasteiger partial charge is 0.254 e. The van der Waals surface area contributed by atoms with Gasteiger partial charge in [0.15, 0.2) is 0 Å². The number of amides is 2. The van der Waals surface area contributed by atoms with E-state index in [0.717, 1.165) is 18.5 Å². The molecule has 2 heterocycles. The molecule has 2 aromatic carbocycles. The third-order valence-electron chi connectivity index (χ3n) is 4.81. The molecule has 0 radical (unpaired) electrons. The van der Waals surface area contributed by atoms with Gasteiger partial charge in [0.1, 0.15) is 6.54 Å². The van der Waals surface area contributed by atoms with Crippen LogP contribution in [-0.4, -0.2) is 41.2 Å². The van der Waals surface area contributed by atoms with E-state index < -0.39 is 0 Å². The van der Waals surface area contributed by atoms with Crippen LogP contribution < -0.4 is 0 Å². The van der Waals surface area contributed by atoms with Crippen LogP contribution in [0.25, 0.3) is 0 Å². The Balaban J connectivity index is 1.65. The second-order valence-corrected chi connectivity index (χ2v) is 6.68. The average molecular weight is 341 g/mol. The fourth-order valence-electron chi connectivity index (χ4n) is 3.63. The summed E-state index contributed by atoms with van der Waals surface area (Å²) < 4.78 is 0. The topological polar surface area (TPSA) is 40.6 Å². The van der Waals surface area contributed by atoms with Gasteiger partial charge in [-0.05, 0) is 35.7 Å². The summed E-state index contributed by atoms with van der Waals surface area (Å²) in [5, 5.41) is 0.522. The Hall–Kier alpha value is -2.33. The second-order valence-electron chi connectivity index (χ2n) is 6.25. The van der Waals surface area contributed by atoms with Crippen molar-refractivity contribution in [3.8, 4) is 0 Å². The molecule has 4 rings (SSSR count). The fourth-order valence-corrected chi connectivity index (χ4v) is 3.82. The van der Waals surface area contributed by atoms with E-state index in [-0.39, 0.29) is 24.4 Å². The lowest BCUT2D eigenvalue weighted by molar-refractivity contribution is -0.139. The highest BCUT2D eigenvalue weighted by Gasteiger charge is 2.38. The Bertz CT molecular complexity index is 821. The average Bonchev–Trinajstić information content (AvgIpc) is 2.61. The number of fused-ring (bicyclic) bond motifs is 3. The highest BCUT2D eigenvalue weighted by atomic mass is 35.5. The van der Waals surface area contributed by atoms with Gasteiger partial charge in [-0.15, -0.1) is 0 Å². The molecule has 1 saturated heterocycles. The van der Waals surface area contributed by atoms with Gasteiger partial charge in [0.05, 0.1) is 6.04 Å². The molecular weight excluding hydrogens is 324 g/mol. The summed E-state index contributed by atoms with van der Waals surface area (Å²) in [4.78, 5) is 28.9. The van der Waals surface area contributed by atoms with E-state index in [2.05, 4.69) is 12.1 Å². The molecule has 24 heavy (non-hydrogen) atoms. The highest BCUT2D eigenvalue weighted by molar-refractivity contribution is 6.31. The minimum Gasteiger partial charge on any atom is -0.332 e. The van der Waals surface area contributed by atoms with Gasteiger partial charge in [-0.25, -0.2) is 0 Å². The summed E-state index contributed by atoms with van der Waals surface area (Å²) in [5.41, 5.74) is 2.94. The minimum absolute atomic E-state index is 0.0103. The number of hydrogen-bond donors (Lipinski definition) is 0. The van der Waals surface area contributed by atoms with Crippen molar-refractivity contribution in [2.75, 3.05) is 19.6 Å². The van der Waals surface area contributed by atoms with Gasteiger partial charge in [0, 0.05) is 23.7 Å². The lowest BCUT2D eigenvalue weighted by Gasteiger charge is -2.44. The Labute approximate surface area is 145 Å². The first-order valence-electron chi connectivity index (χ1n) is 8.05. The van der Waals surface area contributed by atoms with E-state index in [1.165, 1.54) is 5.56 Å². The van der Waals surface area contributed by atoms with Crippen molar-refractivity contribution in [1.29, 1.82) is 0 Å². The SMILES string of the molecule is O=C(c1cccc(Cl)c1)N1CC(=O)N2CCc3ccccc3[C@H]2C1. The first-order chi connectivity index (χ1) is 11.6. The van der Waals surface area contributed by atoms with Gasteiger partial charge < -0.3 is 9.80 Å². The molecule has 2 aliphatic rings. The van der Waals surface area contributed by atoms with Crippen LogP contribution in [0.15, 0.2) is 48.5 Å². The summed E-state index contributed by atoms with van der Waals surface area (Å²) in [6.45, 7) is 1.37. The Morgan fingerprint density at radius 3 is 2.79 bits per heavy atom. The Kier molecular flexibility index (Phi) is 3.77. The summed E-state index contributed by atoms with van der Waals surface area (Å²) >= 11 is 5.99. The molecule has 5 heteroatoms. The lowest BCUT2D eigenvalue weighted by Crippen LogP contribution is -2.55. The molecule has 0 N–H and O–H groups in total. The van der Waals surface area contributed by atoms with Crippen LogP contribution in [0.3, 0.4) is 0 Å². The van der Waals surface area contributed by atoms with Crippen molar-refractivity contribution in [2.24, 2.45) is 0 Å². The van der Waals surface area contributed by atoms with Gasteiger partial charge in [-0.1, -0.05) is 41.9 Å². The van der Waals surface area contributed by atoms with Gasteiger partial charge in [-0.3, -0.25) is 9.59 Å². The van der Waals surface area contributed by atoms with Crippen molar-refractivity contribution in [3.05, 3.63) is 70.2 Å². The summed E-state index contributed by atoms with van der Waals surface area (Å²) in [5.74, 6) is -0.135. The number of hydrogen-bond acceptors (Lipinski definition) is 2. The maximum Gasteiger partial charge on any atom is 0.254 e. The molecule has 4 nitrogen and oxygen atoms in total. The van der Waals surface area contributed by atoms with Gasteiger partial charge in [0.25, 0.3) is 5.91 Å². The first-order valence-corrected chi connectivity index (χ1v) is 8.43. The molecule has 122 valence electrons. The predicted molar refractivity (Wildman–Crippen MR) is 92.0 cm³/mol. The van der Waals surface area contributed by atoms with E-state index in [1.54, 1.807) is 29.2 Å². The summed E-state index contributed by atoms with van der Waals surface area (Å²) in [6, 6.07) is 15.0. The monoisotopic (exact) mass is 340 g/mol. The molecule has 2 aromatic rings. The maximum atomic E-state index is 12.8. The van der Waals surface area contributed by atoms with Crippen molar-refractivity contribution < 1.29 is 9.59 Å². The van der Waals surface area contributed by atoms with Crippen LogP contribution in [0.1, 0.15) is 27.5 Å². The standard InChI is InChI=1S/C19H17ClN2O2/c20-15-6-3-5-14(10-15)19(24)21-11-17-16-7-2-1-4-13(16)8-9-22(17)18(23)12-21/h1-7,10,17H,8-9,11-12H2/t17-/m1/s1. The second kappa shape index (κ2) is 5.95. The van der Waals surface area contributed by atoms with Crippen molar-refractivity contribution in [2.45, 2.75) is 12.5 Å². The van der Waals surface area contributed by atoms with E-state index in [0.29, 0.717) is 17.1 Å². The fraction of sp³-hybridized carbons (Fsp3) is 0.263. The van der Waals surface area contributed by atoms with Gasteiger partial charge in [0.2, 0.25) is 5.91 Å². The molecule has 0 unspecified atom stereocenters. The largest absolute Gasteiger partial charge is 0.332 e. The zero-order chi connectivity index (χ0) is 16.7. The predicted octanol–water partition coefficient (Wildman–Crippen LogP) is 2.92. The van der Waals surface area contributed by atoms with Crippen molar-refractivity contribution in [1.82, 2.24) is 9.80 Å². The van der Waals surface area contributed by atoms with Gasteiger partial charge >= 0.3 is 0 Å². The normalized spacial score (nSPS) is 19.7. The summed E-state index contributed by atoms with van der Waals surface area (Å²) in [6.07, 6.45) is 0.876. The first kappa shape index (κ1) is 15.2. The zero-order valence-electron chi connectivity index (χ0n) is 13.1. The lowest BCUT2D eigenvalue weighted by atomic mass is 9.90.